The van der Waals surface area contributed by atoms with Gasteiger partial charge in [-0.3, -0.25) is 14.2 Å². The highest BCUT2D eigenvalue weighted by molar-refractivity contribution is 5.75. The predicted molar refractivity (Wildman–Crippen MR) is 66.8 cm³/mol. The molecule has 2 aromatic rings. The van der Waals surface area contributed by atoms with Crippen LogP contribution in [0.2, 0.25) is 0 Å². The molecule has 1 N–H and O–H groups in total. The second-order valence-corrected chi connectivity index (χ2v) is 4.34. The molecule has 0 unspecified atom stereocenters. The van der Waals surface area contributed by atoms with Crippen molar-refractivity contribution in [3.8, 4) is 0 Å². The van der Waals surface area contributed by atoms with Crippen LogP contribution in [0, 0.1) is 13.8 Å². The van der Waals surface area contributed by atoms with E-state index in [9.17, 15) is 4.79 Å². The van der Waals surface area contributed by atoms with E-state index in [1.807, 2.05) is 33.2 Å². The smallest absolute Gasteiger partial charge is 0.241 e. The van der Waals surface area contributed by atoms with Gasteiger partial charge in [0.2, 0.25) is 5.91 Å². The van der Waals surface area contributed by atoms with Crippen molar-refractivity contribution < 1.29 is 4.79 Å². The van der Waals surface area contributed by atoms with Crippen molar-refractivity contribution in [1.29, 1.82) is 0 Å². The van der Waals surface area contributed by atoms with E-state index in [0.29, 0.717) is 6.54 Å². The summed E-state index contributed by atoms with van der Waals surface area (Å²) in [6.45, 7) is 4.57. The van der Waals surface area contributed by atoms with Crippen LogP contribution in [0.5, 0.6) is 0 Å². The van der Waals surface area contributed by atoms with E-state index in [1.165, 1.54) is 0 Å². The first-order valence-electron chi connectivity index (χ1n) is 5.80. The summed E-state index contributed by atoms with van der Waals surface area (Å²) in [5.41, 5.74) is 2.88. The third-order valence-electron chi connectivity index (χ3n) is 2.67. The fourth-order valence-electron chi connectivity index (χ4n) is 1.77. The Hall–Kier alpha value is -2.11. The zero-order valence-electron chi connectivity index (χ0n) is 10.8. The van der Waals surface area contributed by atoms with Crippen LogP contribution in [0.25, 0.3) is 0 Å². The Bertz CT molecular complexity index is 555. The molecule has 0 fully saturated rings. The van der Waals surface area contributed by atoms with Crippen molar-refractivity contribution in [2.75, 3.05) is 0 Å². The van der Waals surface area contributed by atoms with Crippen molar-refractivity contribution in [1.82, 2.24) is 24.9 Å². The monoisotopic (exact) mass is 247 g/mol. The number of hydrogen-bond acceptors (Lipinski definition) is 3. The Morgan fingerprint density at radius 2 is 2.17 bits per heavy atom. The van der Waals surface area contributed by atoms with E-state index in [1.54, 1.807) is 15.6 Å². The average molecular weight is 247 g/mol. The van der Waals surface area contributed by atoms with Gasteiger partial charge in [-0.05, 0) is 19.9 Å². The molecule has 2 rings (SSSR count). The molecule has 6 nitrogen and oxygen atoms in total. The summed E-state index contributed by atoms with van der Waals surface area (Å²) in [7, 11) is 1.87. The standard InChI is InChI=1S/C12H17N5O/c1-9-4-5-17(14-9)8-12(18)13-6-11-7-16(3)15-10(11)2/h4-5,7H,6,8H2,1-3H3,(H,13,18). The topological polar surface area (TPSA) is 64.7 Å². The lowest BCUT2D eigenvalue weighted by Crippen LogP contribution is -2.27. The molecule has 2 heterocycles. The van der Waals surface area contributed by atoms with E-state index in [0.717, 1.165) is 17.0 Å². The maximum absolute atomic E-state index is 11.7. The first kappa shape index (κ1) is 12.3. The average Bonchev–Trinajstić information content (AvgIpc) is 2.82. The Morgan fingerprint density at radius 1 is 1.39 bits per heavy atom. The summed E-state index contributed by atoms with van der Waals surface area (Å²) in [4.78, 5) is 11.7. The molecule has 1 amide bonds. The van der Waals surface area contributed by atoms with Gasteiger partial charge in [0.1, 0.15) is 6.54 Å². The maximum atomic E-state index is 11.7. The molecule has 0 aliphatic rings. The lowest BCUT2D eigenvalue weighted by Gasteiger charge is -2.04. The number of carbonyl (C=O) groups is 1. The Morgan fingerprint density at radius 3 is 2.72 bits per heavy atom. The molecule has 0 spiro atoms. The van der Waals surface area contributed by atoms with Crippen LogP contribution in [-0.2, 0) is 24.9 Å². The number of nitrogens with zero attached hydrogens (tertiary/aromatic N) is 4. The summed E-state index contributed by atoms with van der Waals surface area (Å²) in [6, 6.07) is 1.87. The molecule has 2 aromatic heterocycles. The van der Waals surface area contributed by atoms with E-state index in [2.05, 4.69) is 15.5 Å². The molecule has 0 bridgehead atoms. The molecule has 6 heteroatoms. The molecule has 0 aliphatic heterocycles. The lowest BCUT2D eigenvalue weighted by atomic mass is 10.2. The summed E-state index contributed by atoms with van der Waals surface area (Å²) in [5.74, 6) is -0.0543. The fraction of sp³-hybridized carbons (Fsp3) is 0.417. The van der Waals surface area contributed by atoms with Gasteiger partial charge in [0.25, 0.3) is 0 Å². The van der Waals surface area contributed by atoms with Gasteiger partial charge in [0.05, 0.1) is 11.4 Å². The normalized spacial score (nSPS) is 10.6. The van der Waals surface area contributed by atoms with Crippen LogP contribution in [-0.4, -0.2) is 25.5 Å². The number of aryl methyl sites for hydroxylation is 3. The van der Waals surface area contributed by atoms with Gasteiger partial charge in [-0.15, -0.1) is 0 Å². The number of rotatable bonds is 4. The van der Waals surface area contributed by atoms with Gasteiger partial charge >= 0.3 is 0 Å². The third kappa shape index (κ3) is 2.97. The molecule has 18 heavy (non-hydrogen) atoms. The van der Waals surface area contributed by atoms with Gasteiger partial charge in [0, 0.05) is 31.5 Å². The van der Waals surface area contributed by atoms with Gasteiger partial charge in [-0.25, -0.2) is 0 Å². The number of nitrogens with one attached hydrogen (secondary N) is 1. The number of aromatic nitrogens is 4. The van der Waals surface area contributed by atoms with E-state index >= 15 is 0 Å². The van der Waals surface area contributed by atoms with Crippen molar-refractivity contribution in [2.24, 2.45) is 7.05 Å². The molecule has 0 atom stereocenters. The zero-order chi connectivity index (χ0) is 13.1. The van der Waals surface area contributed by atoms with Crippen molar-refractivity contribution in [3.63, 3.8) is 0 Å². The Kier molecular flexibility index (Phi) is 3.45. The second-order valence-electron chi connectivity index (χ2n) is 4.34. The van der Waals surface area contributed by atoms with Gasteiger partial charge in [-0.2, -0.15) is 10.2 Å². The molecule has 0 aromatic carbocycles. The molecular weight excluding hydrogens is 230 g/mol. The van der Waals surface area contributed by atoms with Crippen LogP contribution in [0.1, 0.15) is 17.0 Å². The minimum atomic E-state index is -0.0543. The number of carbonyl (C=O) groups excluding carboxylic acids is 1. The quantitative estimate of drug-likeness (QED) is 0.858. The van der Waals surface area contributed by atoms with Crippen LogP contribution < -0.4 is 5.32 Å². The van der Waals surface area contributed by atoms with Crippen LogP contribution in [0.15, 0.2) is 18.5 Å². The summed E-state index contributed by atoms with van der Waals surface area (Å²) in [6.07, 6.45) is 3.71. The summed E-state index contributed by atoms with van der Waals surface area (Å²) >= 11 is 0. The molecule has 96 valence electrons. The minimum Gasteiger partial charge on any atom is -0.350 e. The van der Waals surface area contributed by atoms with Crippen LogP contribution >= 0.6 is 0 Å². The first-order chi connectivity index (χ1) is 8.54. The van der Waals surface area contributed by atoms with Crippen LogP contribution in [0.3, 0.4) is 0 Å². The van der Waals surface area contributed by atoms with Crippen molar-refractivity contribution >= 4 is 5.91 Å². The Balaban J connectivity index is 1.87. The van der Waals surface area contributed by atoms with Gasteiger partial charge in [0.15, 0.2) is 0 Å². The fourth-order valence-corrected chi connectivity index (χ4v) is 1.77. The highest BCUT2D eigenvalue weighted by Gasteiger charge is 2.06. The Labute approximate surface area is 106 Å². The highest BCUT2D eigenvalue weighted by atomic mass is 16.2. The largest absolute Gasteiger partial charge is 0.350 e. The summed E-state index contributed by atoms with van der Waals surface area (Å²) < 4.78 is 3.37. The van der Waals surface area contributed by atoms with Gasteiger partial charge in [-0.1, -0.05) is 0 Å². The second kappa shape index (κ2) is 5.03. The van der Waals surface area contributed by atoms with Gasteiger partial charge < -0.3 is 5.32 Å². The molecule has 0 radical (unpaired) electrons. The first-order valence-corrected chi connectivity index (χ1v) is 5.80. The third-order valence-corrected chi connectivity index (χ3v) is 2.67. The number of amides is 1. The van der Waals surface area contributed by atoms with Crippen LogP contribution in [0.4, 0.5) is 0 Å². The van der Waals surface area contributed by atoms with E-state index in [-0.39, 0.29) is 12.5 Å². The summed E-state index contributed by atoms with van der Waals surface area (Å²) in [5, 5.41) is 11.2. The zero-order valence-corrected chi connectivity index (χ0v) is 10.8. The minimum absolute atomic E-state index is 0.0543. The highest BCUT2D eigenvalue weighted by Crippen LogP contribution is 2.03. The SMILES string of the molecule is Cc1ccn(CC(=O)NCc2cn(C)nc2C)n1. The molecule has 0 saturated heterocycles. The van der Waals surface area contributed by atoms with E-state index in [4.69, 9.17) is 0 Å². The lowest BCUT2D eigenvalue weighted by molar-refractivity contribution is -0.122. The molecule has 0 aliphatic carbocycles. The molecule has 0 saturated carbocycles. The molecular formula is C12H17N5O. The predicted octanol–water partition coefficient (Wildman–Crippen LogP) is 0.550. The number of hydrogen-bond donors (Lipinski definition) is 1. The van der Waals surface area contributed by atoms with E-state index < -0.39 is 0 Å². The maximum Gasteiger partial charge on any atom is 0.241 e. The van der Waals surface area contributed by atoms with Crippen molar-refractivity contribution in [3.05, 3.63) is 35.4 Å². The van der Waals surface area contributed by atoms with Crippen molar-refractivity contribution in [2.45, 2.75) is 26.9 Å².